The van der Waals surface area contributed by atoms with Gasteiger partial charge < -0.3 is 5.32 Å². The summed E-state index contributed by atoms with van der Waals surface area (Å²) in [6.45, 7) is 3.24. The van der Waals surface area contributed by atoms with Crippen LogP contribution in [0.15, 0.2) is 81.4 Å². The molecule has 0 spiro atoms. The number of hydrogen-bond acceptors (Lipinski definition) is 7. The number of nitro groups is 1. The summed E-state index contributed by atoms with van der Waals surface area (Å²) in [5.74, 6) is -0.815. The number of hydrogen-bond donors (Lipinski definition) is 1. The van der Waals surface area contributed by atoms with Crippen molar-refractivity contribution in [2.75, 3.05) is 5.08 Å². The highest BCUT2D eigenvalue weighted by Crippen LogP contribution is 2.42. The van der Waals surface area contributed by atoms with E-state index in [9.17, 15) is 20.2 Å². The SMILES string of the molecule is CC(=O)C1=C(C)NC(SCSc2ccccc2)=C(C#N)[C@@H]1c1cccc([N+](=O)[O-])c1. The second kappa shape index (κ2) is 9.65. The number of thioether (sulfide) groups is 2. The third-order valence-electron chi connectivity index (χ3n) is 4.61. The number of allylic oxidation sites excluding steroid dienone is 3. The van der Waals surface area contributed by atoms with Gasteiger partial charge in [0.25, 0.3) is 5.69 Å². The number of dihydropyridines is 1. The normalized spacial score (nSPS) is 16.1. The molecule has 0 saturated heterocycles. The number of ketones is 1. The van der Waals surface area contributed by atoms with Gasteiger partial charge >= 0.3 is 0 Å². The molecule has 0 aliphatic carbocycles. The van der Waals surface area contributed by atoms with E-state index in [1.54, 1.807) is 30.8 Å². The highest BCUT2D eigenvalue weighted by molar-refractivity contribution is 8.17. The lowest BCUT2D eigenvalue weighted by Gasteiger charge is -2.29. The lowest BCUT2D eigenvalue weighted by molar-refractivity contribution is -0.384. The number of nitrogens with zero attached hydrogens (tertiary/aromatic N) is 2. The van der Waals surface area contributed by atoms with Gasteiger partial charge in [-0.25, -0.2) is 0 Å². The number of benzene rings is 2. The zero-order valence-electron chi connectivity index (χ0n) is 16.4. The van der Waals surface area contributed by atoms with Crippen molar-refractivity contribution in [3.63, 3.8) is 0 Å². The van der Waals surface area contributed by atoms with Crippen LogP contribution in [0.2, 0.25) is 0 Å². The highest BCUT2D eigenvalue weighted by Gasteiger charge is 2.33. The summed E-state index contributed by atoms with van der Waals surface area (Å²) >= 11 is 3.13. The van der Waals surface area contributed by atoms with E-state index in [1.807, 2.05) is 30.3 Å². The molecule has 1 aliphatic rings. The van der Waals surface area contributed by atoms with Crippen LogP contribution >= 0.6 is 23.5 Å². The molecule has 0 radical (unpaired) electrons. The second-order valence-corrected chi connectivity index (χ2v) is 8.98. The van der Waals surface area contributed by atoms with E-state index in [1.165, 1.54) is 30.8 Å². The summed E-state index contributed by atoms with van der Waals surface area (Å²) < 4.78 is 0. The van der Waals surface area contributed by atoms with Crippen molar-refractivity contribution in [2.45, 2.75) is 24.7 Å². The summed E-state index contributed by atoms with van der Waals surface area (Å²) in [6, 6.07) is 18.3. The maximum absolute atomic E-state index is 12.4. The third-order valence-corrected chi connectivity index (χ3v) is 6.77. The van der Waals surface area contributed by atoms with E-state index < -0.39 is 10.8 Å². The van der Waals surface area contributed by atoms with E-state index in [4.69, 9.17) is 0 Å². The third kappa shape index (κ3) is 4.75. The molecule has 0 amide bonds. The Balaban J connectivity index is 1.97. The van der Waals surface area contributed by atoms with Crippen LogP contribution in [0.4, 0.5) is 5.69 Å². The monoisotopic (exact) mass is 437 g/mol. The molecule has 1 heterocycles. The van der Waals surface area contributed by atoms with Crippen molar-refractivity contribution in [3.05, 3.63) is 92.1 Å². The lowest BCUT2D eigenvalue weighted by Crippen LogP contribution is -2.27. The lowest BCUT2D eigenvalue weighted by atomic mass is 9.81. The standard InChI is InChI=1S/C22H19N3O3S2/c1-14-20(15(2)26)21(16-7-6-8-17(11-16)25(27)28)19(12-23)22(24-14)30-13-29-18-9-4-3-5-10-18/h3-11,21,24H,13H2,1-2H3/t21-/m0/s1. The Bertz CT molecular complexity index is 1090. The summed E-state index contributed by atoms with van der Waals surface area (Å²) in [6.07, 6.45) is 0. The number of Topliss-reactive ketones (excluding diaryl/α,β-unsaturated/α-hetero) is 1. The molecule has 0 unspecified atom stereocenters. The van der Waals surface area contributed by atoms with Gasteiger partial charge in [0.15, 0.2) is 5.78 Å². The molecule has 6 nitrogen and oxygen atoms in total. The number of rotatable bonds is 7. The fourth-order valence-corrected chi connectivity index (χ4v) is 5.46. The Labute approximate surface area is 183 Å². The first kappa shape index (κ1) is 21.7. The molecule has 0 fully saturated rings. The van der Waals surface area contributed by atoms with Crippen LogP contribution in [-0.2, 0) is 4.79 Å². The van der Waals surface area contributed by atoms with Crippen LogP contribution in [0, 0.1) is 21.4 Å². The van der Waals surface area contributed by atoms with Gasteiger partial charge in [-0.05, 0) is 31.5 Å². The molecule has 8 heteroatoms. The topological polar surface area (TPSA) is 96.0 Å². The molecular formula is C22H19N3O3S2. The van der Waals surface area contributed by atoms with Gasteiger partial charge in [-0.1, -0.05) is 42.1 Å². The Morgan fingerprint density at radius 3 is 2.57 bits per heavy atom. The zero-order valence-corrected chi connectivity index (χ0v) is 18.0. The average molecular weight is 438 g/mol. The molecule has 2 aromatic rings. The molecule has 152 valence electrons. The van der Waals surface area contributed by atoms with Gasteiger partial charge in [0.05, 0.1) is 32.6 Å². The average Bonchev–Trinajstić information content (AvgIpc) is 2.73. The van der Waals surface area contributed by atoms with Gasteiger partial charge in [0.2, 0.25) is 0 Å². The van der Waals surface area contributed by atoms with Gasteiger partial charge in [-0.15, -0.1) is 11.8 Å². The van der Waals surface area contributed by atoms with Crippen molar-refractivity contribution in [3.8, 4) is 6.07 Å². The van der Waals surface area contributed by atoms with Crippen LogP contribution in [0.25, 0.3) is 0 Å². The van der Waals surface area contributed by atoms with Crippen molar-refractivity contribution in [1.29, 1.82) is 5.26 Å². The molecule has 3 rings (SSSR count). The summed E-state index contributed by atoms with van der Waals surface area (Å²) in [5, 5.41) is 25.7. The van der Waals surface area contributed by atoms with Crippen molar-refractivity contribution < 1.29 is 9.72 Å². The molecule has 0 bridgehead atoms. The van der Waals surface area contributed by atoms with Crippen LogP contribution in [0.5, 0.6) is 0 Å². The molecule has 1 atom stereocenters. The van der Waals surface area contributed by atoms with E-state index >= 15 is 0 Å². The minimum absolute atomic E-state index is 0.0716. The molecule has 0 aromatic heterocycles. The van der Waals surface area contributed by atoms with Crippen LogP contribution in [0.1, 0.15) is 25.3 Å². The number of nitriles is 1. The number of carbonyl (C=O) groups is 1. The van der Waals surface area contributed by atoms with Crippen molar-refractivity contribution in [1.82, 2.24) is 5.32 Å². The minimum Gasteiger partial charge on any atom is -0.353 e. The summed E-state index contributed by atoms with van der Waals surface area (Å²) in [4.78, 5) is 24.3. The van der Waals surface area contributed by atoms with Crippen LogP contribution in [0.3, 0.4) is 0 Å². The predicted molar refractivity (Wildman–Crippen MR) is 120 cm³/mol. The van der Waals surface area contributed by atoms with Gasteiger partial charge in [0.1, 0.15) is 0 Å². The molecule has 0 saturated carbocycles. The fourth-order valence-electron chi connectivity index (χ4n) is 3.32. The first-order valence-electron chi connectivity index (χ1n) is 9.10. The molecule has 1 aliphatic heterocycles. The smallest absolute Gasteiger partial charge is 0.269 e. The molecule has 30 heavy (non-hydrogen) atoms. The van der Waals surface area contributed by atoms with Crippen molar-refractivity contribution >= 4 is 35.0 Å². The highest BCUT2D eigenvalue weighted by atomic mass is 32.2. The van der Waals surface area contributed by atoms with Gasteiger partial charge in [-0.3, -0.25) is 14.9 Å². The second-order valence-electron chi connectivity index (χ2n) is 6.58. The first-order valence-corrected chi connectivity index (χ1v) is 11.1. The molecule has 2 aromatic carbocycles. The first-order chi connectivity index (χ1) is 14.4. The van der Waals surface area contributed by atoms with E-state index in [2.05, 4.69) is 11.4 Å². The van der Waals surface area contributed by atoms with Crippen molar-refractivity contribution in [2.24, 2.45) is 0 Å². The number of carbonyl (C=O) groups excluding carboxylic acids is 1. The van der Waals surface area contributed by atoms with Gasteiger partial charge in [0, 0.05) is 28.3 Å². The number of nitrogens with one attached hydrogen (secondary N) is 1. The fraction of sp³-hybridized carbons (Fsp3) is 0.182. The minimum atomic E-state index is -0.641. The summed E-state index contributed by atoms with van der Waals surface area (Å²) in [7, 11) is 0. The van der Waals surface area contributed by atoms with Gasteiger partial charge in [-0.2, -0.15) is 5.26 Å². The predicted octanol–water partition coefficient (Wildman–Crippen LogP) is 5.36. The summed E-state index contributed by atoms with van der Waals surface area (Å²) in [5.41, 5.74) is 1.99. The van der Waals surface area contributed by atoms with E-state index in [-0.39, 0.29) is 11.5 Å². The zero-order chi connectivity index (χ0) is 21.7. The Morgan fingerprint density at radius 2 is 1.93 bits per heavy atom. The Morgan fingerprint density at radius 1 is 1.20 bits per heavy atom. The number of nitro benzene ring substituents is 1. The Hall–Kier alpha value is -3.02. The molecule has 1 N–H and O–H groups in total. The maximum Gasteiger partial charge on any atom is 0.269 e. The van der Waals surface area contributed by atoms with Crippen LogP contribution in [-0.4, -0.2) is 15.8 Å². The maximum atomic E-state index is 12.4. The largest absolute Gasteiger partial charge is 0.353 e. The van der Waals surface area contributed by atoms with E-state index in [0.29, 0.717) is 32.5 Å². The van der Waals surface area contributed by atoms with E-state index in [0.717, 1.165) is 4.90 Å². The molecular weight excluding hydrogens is 418 g/mol. The van der Waals surface area contributed by atoms with Crippen LogP contribution < -0.4 is 5.32 Å². The number of non-ortho nitro benzene ring substituents is 1. The quantitative estimate of drug-likeness (QED) is 0.269. The Kier molecular flexibility index (Phi) is 6.98.